The Morgan fingerprint density at radius 2 is 1.20 bits per heavy atom. The standard InChI is InChI=1S/C30H27ClN2O2/c1-32(21-24-8-4-2-5-9-24)29(34)20-23-12-18-28(19-13-23)33(22-25-10-6-3-7-11-25)30(35)26-14-16-27(31)17-15-26/h2-19H,20-22H2,1H3. The Morgan fingerprint density at radius 1 is 0.657 bits per heavy atom. The molecule has 0 aliphatic heterocycles. The Balaban J connectivity index is 1.50. The predicted molar refractivity (Wildman–Crippen MR) is 141 cm³/mol. The smallest absolute Gasteiger partial charge is 0.258 e. The van der Waals surface area contributed by atoms with Crippen molar-refractivity contribution in [2.24, 2.45) is 0 Å². The fourth-order valence-electron chi connectivity index (χ4n) is 3.84. The molecule has 0 aliphatic rings. The van der Waals surface area contributed by atoms with E-state index in [1.165, 1.54) is 0 Å². The zero-order chi connectivity index (χ0) is 24.6. The summed E-state index contributed by atoms with van der Waals surface area (Å²) in [5.74, 6) is -0.0723. The lowest BCUT2D eigenvalue weighted by Crippen LogP contribution is -2.30. The maximum absolute atomic E-state index is 13.4. The van der Waals surface area contributed by atoms with Gasteiger partial charge in [-0.3, -0.25) is 9.59 Å². The molecule has 4 aromatic carbocycles. The second kappa shape index (κ2) is 11.5. The zero-order valence-corrected chi connectivity index (χ0v) is 20.4. The summed E-state index contributed by atoms with van der Waals surface area (Å²) in [6.45, 7) is 0.999. The molecule has 0 spiro atoms. The van der Waals surface area contributed by atoms with Crippen molar-refractivity contribution in [2.75, 3.05) is 11.9 Å². The Morgan fingerprint density at radius 3 is 1.77 bits per heavy atom. The molecule has 0 unspecified atom stereocenters. The number of hydrogen-bond acceptors (Lipinski definition) is 2. The van der Waals surface area contributed by atoms with Gasteiger partial charge in [0.2, 0.25) is 5.91 Å². The number of hydrogen-bond donors (Lipinski definition) is 0. The monoisotopic (exact) mass is 482 g/mol. The minimum Gasteiger partial charge on any atom is -0.341 e. The van der Waals surface area contributed by atoms with Crippen molar-refractivity contribution in [3.05, 3.63) is 136 Å². The highest BCUT2D eigenvalue weighted by Gasteiger charge is 2.19. The summed E-state index contributed by atoms with van der Waals surface area (Å²) >= 11 is 6.01. The molecule has 0 radical (unpaired) electrons. The van der Waals surface area contributed by atoms with Crippen LogP contribution in [-0.2, 0) is 24.3 Å². The van der Waals surface area contributed by atoms with Crippen LogP contribution in [0.3, 0.4) is 0 Å². The maximum Gasteiger partial charge on any atom is 0.258 e. The Bertz CT molecular complexity index is 1260. The van der Waals surface area contributed by atoms with E-state index < -0.39 is 0 Å². The molecule has 176 valence electrons. The van der Waals surface area contributed by atoms with E-state index in [0.717, 1.165) is 22.4 Å². The second-order valence-electron chi connectivity index (χ2n) is 8.46. The lowest BCUT2D eigenvalue weighted by molar-refractivity contribution is -0.129. The molecule has 0 aromatic heterocycles. The lowest BCUT2D eigenvalue weighted by Gasteiger charge is -2.24. The molecule has 0 aliphatic carbocycles. The van der Waals surface area contributed by atoms with Crippen LogP contribution in [0.25, 0.3) is 0 Å². The van der Waals surface area contributed by atoms with Gasteiger partial charge in [-0.1, -0.05) is 84.4 Å². The highest BCUT2D eigenvalue weighted by Crippen LogP contribution is 2.22. The summed E-state index contributed by atoms with van der Waals surface area (Å²) < 4.78 is 0. The lowest BCUT2D eigenvalue weighted by atomic mass is 10.1. The fourth-order valence-corrected chi connectivity index (χ4v) is 3.97. The molecule has 0 saturated carbocycles. The van der Waals surface area contributed by atoms with E-state index in [-0.39, 0.29) is 11.8 Å². The first kappa shape index (κ1) is 24.2. The van der Waals surface area contributed by atoms with Crippen LogP contribution in [0.15, 0.2) is 109 Å². The quantitative estimate of drug-likeness (QED) is 0.292. The molecule has 0 bridgehead atoms. The van der Waals surface area contributed by atoms with E-state index >= 15 is 0 Å². The minimum absolute atomic E-state index is 0.0417. The Labute approximate surface area is 211 Å². The molecule has 4 nitrogen and oxygen atoms in total. The van der Waals surface area contributed by atoms with Gasteiger partial charge in [-0.2, -0.15) is 0 Å². The van der Waals surface area contributed by atoms with Crippen molar-refractivity contribution in [2.45, 2.75) is 19.5 Å². The van der Waals surface area contributed by atoms with Gasteiger partial charge in [-0.05, 0) is 53.1 Å². The molecule has 0 saturated heterocycles. The van der Waals surface area contributed by atoms with Gasteiger partial charge in [-0.25, -0.2) is 0 Å². The molecule has 4 aromatic rings. The molecule has 5 heteroatoms. The van der Waals surface area contributed by atoms with E-state index in [9.17, 15) is 9.59 Å². The molecule has 0 N–H and O–H groups in total. The van der Waals surface area contributed by atoms with Crippen LogP contribution in [0.2, 0.25) is 5.02 Å². The van der Waals surface area contributed by atoms with Gasteiger partial charge in [0.15, 0.2) is 0 Å². The number of nitrogens with zero attached hydrogens (tertiary/aromatic N) is 2. The zero-order valence-electron chi connectivity index (χ0n) is 19.6. The highest BCUT2D eigenvalue weighted by molar-refractivity contribution is 6.30. The molecule has 0 fully saturated rings. The predicted octanol–water partition coefficient (Wildman–Crippen LogP) is 6.39. The third-order valence-electron chi connectivity index (χ3n) is 5.81. The second-order valence-corrected chi connectivity index (χ2v) is 8.90. The first-order valence-corrected chi connectivity index (χ1v) is 11.9. The molecular weight excluding hydrogens is 456 g/mol. The van der Waals surface area contributed by atoms with Gasteiger partial charge >= 0.3 is 0 Å². The number of likely N-dealkylation sites (N-methyl/N-ethyl adjacent to an activating group) is 1. The molecule has 4 rings (SSSR count). The van der Waals surface area contributed by atoms with Crippen molar-refractivity contribution in [1.82, 2.24) is 4.90 Å². The van der Waals surface area contributed by atoms with E-state index in [4.69, 9.17) is 11.6 Å². The van der Waals surface area contributed by atoms with Crippen LogP contribution in [0.4, 0.5) is 5.69 Å². The first-order chi connectivity index (χ1) is 17.0. The molecule has 35 heavy (non-hydrogen) atoms. The summed E-state index contributed by atoms with van der Waals surface area (Å²) in [7, 11) is 1.82. The summed E-state index contributed by atoms with van der Waals surface area (Å²) in [6.07, 6.45) is 0.299. The summed E-state index contributed by atoms with van der Waals surface area (Å²) in [5, 5.41) is 0.586. The number of carbonyl (C=O) groups is 2. The van der Waals surface area contributed by atoms with Crippen LogP contribution in [0.5, 0.6) is 0 Å². The molecular formula is C30H27ClN2O2. The van der Waals surface area contributed by atoms with Crippen molar-refractivity contribution >= 4 is 29.1 Å². The number of amides is 2. The molecule has 2 amide bonds. The van der Waals surface area contributed by atoms with Gasteiger partial charge in [-0.15, -0.1) is 0 Å². The SMILES string of the molecule is CN(Cc1ccccc1)C(=O)Cc1ccc(N(Cc2ccccc2)C(=O)c2ccc(Cl)cc2)cc1. The normalized spacial score (nSPS) is 10.6. The average Bonchev–Trinajstić information content (AvgIpc) is 2.89. The van der Waals surface area contributed by atoms with E-state index in [2.05, 4.69) is 0 Å². The summed E-state index contributed by atoms with van der Waals surface area (Å²) in [6, 6.07) is 34.3. The van der Waals surface area contributed by atoms with Crippen LogP contribution in [0.1, 0.15) is 27.0 Å². The third-order valence-corrected chi connectivity index (χ3v) is 6.06. The van der Waals surface area contributed by atoms with E-state index in [1.807, 2.05) is 92.0 Å². The topological polar surface area (TPSA) is 40.6 Å². The van der Waals surface area contributed by atoms with Gasteiger partial charge in [0.05, 0.1) is 13.0 Å². The summed E-state index contributed by atoms with van der Waals surface area (Å²) in [4.78, 5) is 29.6. The van der Waals surface area contributed by atoms with Gasteiger partial charge in [0, 0.05) is 29.9 Å². The minimum atomic E-state index is -0.114. The van der Waals surface area contributed by atoms with Crippen molar-refractivity contribution in [3.63, 3.8) is 0 Å². The van der Waals surface area contributed by atoms with Crippen LogP contribution in [-0.4, -0.2) is 23.8 Å². The van der Waals surface area contributed by atoms with E-state index in [0.29, 0.717) is 30.1 Å². The van der Waals surface area contributed by atoms with Crippen molar-refractivity contribution in [1.29, 1.82) is 0 Å². The highest BCUT2D eigenvalue weighted by atomic mass is 35.5. The number of rotatable bonds is 8. The largest absolute Gasteiger partial charge is 0.341 e. The molecule has 0 heterocycles. The van der Waals surface area contributed by atoms with Crippen LogP contribution < -0.4 is 4.90 Å². The first-order valence-electron chi connectivity index (χ1n) is 11.5. The molecule has 0 atom stereocenters. The van der Waals surface area contributed by atoms with Gasteiger partial charge in [0.25, 0.3) is 5.91 Å². The summed E-state index contributed by atoms with van der Waals surface area (Å²) in [5.41, 5.74) is 4.35. The van der Waals surface area contributed by atoms with Gasteiger partial charge in [0.1, 0.15) is 0 Å². The van der Waals surface area contributed by atoms with Crippen molar-refractivity contribution in [3.8, 4) is 0 Å². The Hall–Kier alpha value is -3.89. The Kier molecular flexibility index (Phi) is 7.96. The van der Waals surface area contributed by atoms with Crippen molar-refractivity contribution < 1.29 is 9.59 Å². The average molecular weight is 483 g/mol. The fraction of sp³-hybridized carbons (Fsp3) is 0.133. The van der Waals surface area contributed by atoms with E-state index in [1.54, 1.807) is 34.1 Å². The maximum atomic E-state index is 13.4. The number of halogens is 1. The van der Waals surface area contributed by atoms with Crippen LogP contribution >= 0.6 is 11.6 Å². The number of benzene rings is 4. The van der Waals surface area contributed by atoms with Gasteiger partial charge < -0.3 is 9.80 Å². The third kappa shape index (κ3) is 6.58. The van der Waals surface area contributed by atoms with Crippen LogP contribution in [0, 0.1) is 0 Å². The number of carbonyl (C=O) groups excluding carboxylic acids is 2. The number of anilines is 1.